The highest BCUT2D eigenvalue weighted by atomic mass is 19.1. The molecule has 0 saturated heterocycles. The van der Waals surface area contributed by atoms with Crippen LogP contribution >= 0.6 is 0 Å². The molecular weight excluding hydrogens is 291 g/mol. The van der Waals surface area contributed by atoms with Crippen LogP contribution in [0.25, 0.3) is 11.3 Å². The van der Waals surface area contributed by atoms with Gasteiger partial charge >= 0.3 is 0 Å². The summed E-state index contributed by atoms with van der Waals surface area (Å²) >= 11 is 0. The van der Waals surface area contributed by atoms with Crippen LogP contribution in [-0.2, 0) is 6.54 Å². The van der Waals surface area contributed by atoms with Gasteiger partial charge in [-0.2, -0.15) is 5.10 Å². The quantitative estimate of drug-likeness (QED) is 0.751. The largest absolute Gasteiger partial charge is 0.381 e. The fourth-order valence-electron chi connectivity index (χ4n) is 2.39. The van der Waals surface area contributed by atoms with Crippen LogP contribution in [0.15, 0.2) is 54.7 Å². The van der Waals surface area contributed by atoms with E-state index in [0.29, 0.717) is 6.54 Å². The number of hydrogen-bond acceptors (Lipinski definition) is 3. The van der Waals surface area contributed by atoms with Crippen molar-refractivity contribution in [2.75, 3.05) is 24.3 Å². The van der Waals surface area contributed by atoms with Crippen molar-refractivity contribution in [3.8, 4) is 11.3 Å². The molecule has 0 fully saturated rings. The molecule has 3 aromatic rings. The minimum Gasteiger partial charge on any atom is -0.381 e. The zero-order chi connectivity index (χ0) is 16.2. The van der Waals surface area contributed by atoms with Gasteiger partial charge in [0.15, 0.2) is 0 Å². The van der Waals surface area contributed by atoms with Gasteiger partial charge in [0, 0.05) is 43.1 Å². The third-order valence-corrected chi connectivity index (χ3v) is 3.72. The van der Waals surface area contributed by atoms with Crippen molar-refractivity contribution in [3.63, 3.8) is 0 Å². The Morgan fingerprint density at radius 2 is 1.74 bits per heavy atom. The molecule has 0 amide bonds. The number of H-pyrrole nitrogens is 1. The van der Waals surface area contributed by atoms with E-state index in [1.54, 1.807) is 18.3 Å². The fourth-order valence-corrected chi connectivity index (χ4v) is 2.39. The molecule has 1 heterocycles. The Labute approximate surface area is 135 Å². The lowest BCUT2D eigenvalue weighted by molar-refractivity contribution is 0.628. The molecule has 0 aliphatic heterocycles. The van der Waals surface area contributed by atoms with Gasteiger partial charge in [-0.3, -0.25) is 5.10 Å². The number of nitrogens with zero attached hydrogens (tertiary/aromatic N) is 2. The lowest BCUT2D eigenvalue weighted by Crippen LogP contribution is -2.08. The Hall–Kier alpha value is -2.82. The predicted molar refractivity (Wildman–Crippen MR) is 92.1 cm³/mol. The summed E-state index contributed by atoms with van der Waals surface area (Å²) in [5.41, 5.74) is 5.06. The lowest BCUT2D eigenvalue weighted by Gasteiger charge is -2.13. The molecule has 0 spiro atoms. The molecule has 0 aliphatic carbocycles. The summed E-state index contributed by atoms with van der Waals surface area (Å²) < 4.78 is 13.0. The minimum absolute atomic E-state index is 0.242. The molecule has 0 bridgehead atoms. The Morgan fingerprint density at radius 1 is 1.04 bits per heavy atom. The summed E-state index contributed by atoms with van der Waals surface area (Å²) in [5.74, 6) is -0.242. The standard InChI is InChI=1S/C18H19FN4/c1-23(2)17-9-7-16(8-10-17)20-11-14-12-21-22-18(14)13-3-5-15(19)6-4-13/h3-10,12,20H,11H2,1-2H3,(H,21,22). The van der Waals surface area contributed by atoms with Gasteiger partial charge in [-0.1, -0.05) is 0 Å². The van der Waals surface area contributed by atoms with Crippen LogP contribution in [0, 0.1) is 5.82 Å². The molecule has 4 nitrogen and oxygen atoms in total. The average molecular weight is 310 g/mol. The number of nitrogens with one attached hydrogen (secondary N) is 2. The maximum Gasteiger partial charge on any atom is 0.123 e. The Morgan fingerprint density at radius 3 is 2.39 bits per heavy atom. The zero-order valence-corrected chi connectivity index (χ0v) is 13.2. The second kappa shape index (κ2) is 6.52. The van der Waals surface area contributed by atoms with Crippen LogP contribution in [0.2, 0.25) is 0 Å². The smallest absolute Gasteiger partial charge is 0.123 e. The maximum atomic E-state index is 13.0. The van der Waals surface area contributed by atoms with Gasteiger partial charge in [0.25, 0.3) is 0 Å². The second-order valence-corrected chi connectivity index (χ2v) is 5.57. The van der Waals surface area contributed by atoms with Gasteiger partial charge < -0.3 is 10.2 Å². The summed E-state index contributed by atoms with van der Waals surface area (Å²) in [6.45, 7) is 0.643. The number of rotatable bonds is 5. The summed E-state index contributed by atoms with van der Waals surface area (Å²) in [6.07, 6.45) is 1.79. The first-order valence-electron chi connectivity index (χ1n) is 7.43. The van der Waals surface area contributed by atoms with Gasteiger partial charge in [-0.15, -0.1) is 0 Å². The van der Waals surface area contributed by atoms with Crippen LogP contribution in [0.1, 0.15) is 5.56 Å². The third kappa shape index (κ3) is 3.51. The number of aromatic amines is 1. The van der Waals surface area contributed by atoms with Crippen LogP contribution < -0.4 is 10.2 Å². The summed E-state index contributed by atoms with van der Waals surface area (Å²) in [4.78, 5) is 2.06. The van der Waals surface area contributed by atoms with Crippen molar-refractivity contribution >= 4 is 11.4 Å². The number of benzene rings is 2. The fraction of sp³-hybridized carbons (Fsp3) is 0.167. The van der Waals surface area contributed by atoms with E-state index in [1.807, 2.05) is 26.2 Å². The van der Waals surface area contributed by atoms with E-state index in [1.165, 1.54) is 12.1 Å². The van der Waals surface area contributed by atoms with Crippen molar-refractivity contribution in [2.45, 2.75) is 6.54 Å². The molecule has 1 aromatic heterocycles. The van der Waals surface area contributed by atoms with E-state index in [2.05, 4.69) is 32.5 Å². The molecule has 3 rings (SSSR count). The van der Waals surface area contributed by atoms with Crippen molar-refractivity contribution in [1.29, 1.82) is 0 Å². The second-order valence-electron chi connectivity index (χ2n) is 5.57. The molecule has 0 radical (unpaired) electrons. The summed E-state index contributed by atoms with van der Waals surface area (Å²) in [7, 11) is 4.03. The molecule has 23 heavy (non-hydrogen) atoms. The first-order valence-corrected chi connectivity index (χ1v) is 7.43. The van der Waals surface area contributed by atoms with E-state index in [0.717, 1.165) is 28.2 Å². The number of hydrogen-bond donors (Lipinski definition) is 2. The molecule has 0 aliphatic rings. The lowest BCUT2D eigenvalue weighted by atomic mass is 10.1. The highest BCUT2D eigenvalue weighted by Crippen LogP contribution is 2.23. The van der Waals surface area contributed by atoms with E-state index < -0.39 is 0 Å². The van der Waals surface area contributed by atoms with Gasteiger partial charge in [0.05, 0.1) is 11.9 Å². The van der Waals surface area contributed by atoms with Crippen molar-refractivity contribution < 1.29 is 4.39 Å². The Balaban J connectivity index is 1.72. The molecule has 0 saturated carbocycles. The molecule has 118 valence electrons. The first-order chi connectivity index (χ1) is 11.1. The van der Waals surface area contributed by atoms with Crippen LogP contribution in [-0.4, -0.2) is 24.3 Å². The topological polar surface area (TPSA) is 44.0 Å². The highest BCUT2D eigenvalue weighted by Gasteiger charge is 2.08. The average Bonchev–Trinajstić information content (AvgIpc) is 3.02. The van der Waals surface area contributed by atoms with Crippen LogP contribution in [0.4, 0.5) is 15.8 Å². The summed E-state index contributed by atoms with van der Waals surface area (Å²) in [6, 6.07) is 14.6. The van der Waals surface area contributed by atoms with E-state index >= 15 is 0 Å². The molecule has 0 atom stereocenters. The molecule has 2 N–H and O–H groups in total. The van der Waals surface area contributed by atoms with Crippen molar-refractivity contribution in [1.82, 2.24) is 10.2 Å². The van der Waals surface area contributed by atoms with E-state index in [-0.39, 0.29) is 5.82 Å². The monoisotopic (exact) mass is 310 g/mol. The number of halogens is 1. The predicted octanol–water partition coefficient (Wildman–Crippen LogP) is 3.89. The molecular formula is C18H19FN4. The zero-order valence-electron chi connectivity index (χ0n) is 13.2. The van der Waals surface area contributed by atoms with Crippen LogP contribution in [0.3, 0.4) is 0 Å². The normalized spacial score (nSPS) is 10.6. The molecule has 2 aromatic carbocycles. The van der Waals surface area contributed by atoms with Gasteiger partial charge in [0.2, 0.25) is 0 Å². The Kier molecular flexibility index (Phi) is 4.28. The summed E-state index contributed by atoms with van der Waals surface area (Å²) in [5, 5.41) is 10.5. The molecule has 5 heteroatoms. The van der Waals surface area contributed by atoms with Crippen LogP contribution in [0.5, 0.6) is 0 Å². The van der Waals surface area contributed by atoms with E-state index in [4.69, 9.17) is 0 Å². The third-order valence-electron chi connectivity index (χ3n) is 3.72. The maximum absolute atomic E-state index is 13.0. The van der Waals surface area contributed by atoms with Crippen molar-refractivity contribution in [2.24, 2.45) is 0 Å². The number of aromatic nitrogens is 2. The SMILES string of the molecule is CN(C)c1ccc(NCc2cn[nH]c2-c2ccc(F)cc2)cc1. The number of anilines is 2. The van der Waals surface area contributed by atoms with E-state index in [9.17, 15) is 4.39 Å². The van der Waals surface area contributed by atoms with Gasteiger partial charge in [0.1, 0.15) is 5.82 Å². The first kappa shape index (κ1) is 15.1. The Bertz CT molecular complexity index is 760. The van der Waals surface area contributed by atoms with Crippen molar-refractivity contribution in [3.05, 3.63) is 66.1 Å². The highest BCUT2D eigenvalue weighted by molar-refractivity contribution is 5.63. The van der Waals surface area contributed by atoms with Gasteiger partial charge in [-0.25, -0.2) is 4.39 Å². The van der Waals surface area contributed by atoms with Gasteiger partial charge in [-0.05, 0) is 48.5 Å². The molecule has 0 unspecified atom stereocenters. The minimum atomic E-state index is -0.242.